The Bertz CT molecular complexity index is 394. The maximum absolute atomic E-state index is 11.9. The number of aromatic nitrogens is 1. The minimum atomic E-state index is 0.141. The Kier molecular flexibility index (Phi) is 6.09. The van der Waals surface area contributed by atoms with Crippen molar-refractivity contribution in [3.8, 4) is 0 Å². The summed E-state index contributed by atoms with van der Waals surface area (Å²) in [6.45, 7) is 6.49. The van der Waals surface area contributed by atoms with Crippen molar-refractivity contribution >= 4 is 17.5 Å². The van der Waals surface area contributed by atoms with Gasteiger partial charge in [0.1, 0.15) is 5.15 Å². The van der Waals surface area contributed by atoms with Crippen molar-refractivity contribution in [2.75, 3.05) is 26.7 Å². The lowest BCUT2D eigenvalue weighted by Gasteiger charge is -2.23. The molecule has 4 nitrogen and oxygen atoms in total. The lowest BCUT2D eigenvalue weighted by Crippen LogP contribution is -2.38. The Morgan fingerprint density at radius 2 is 2.06 bits per heavy atom. The zero-order valence-electron chi connectivity index (χ0n) is 11.2. The third-order valence-electron chi connectivity index (χ3n) is 2.80. The molecule has 1 aromatic rings. The van der Waals surface area contributed by atoms with Crippen LogP contribution < -0.4 is 0 Å². The van der Waals surface area contributed by atoms with Crippen LogP contribution in [0.2, 0.25) is 5.15 Å². The average Bonchev–Trinajstić information content (AvgIpc) is 2.33. The number of rotatable bonds is 6. The Morgan fingerprint density at radius 3 is 2.61 bits per heavy atom. The Morgan fingerprint density at radius 1 is 1.39 bits per heavy atom. The molecule has 1 aromatic heterocycles. The molecule has 18 heavy (non-hydrogen) atoms. The van der Waals surface area contributed by atoms with Gasteiger partial charge in [0.05, 0.1) is 6.54 Å². The van der Waals surface area contributed by atoms with Gasteiger partial charge in [0.2, 0.25) is 5.91 Å². The summed E-state index contributed by atoms with van der Waals surface area (Å²) in [5, 5.41) is 0.500. The first kappa shape index (κ1) is 14.9. The number of hydrogen-bond acceptors (Lipinski definition) is 3. The number of hydrogen-bond donors (Lipinski definition) is 0. The van der Waals surface area contributed by atoms with E-state index < -0.39 is 0 Å². The molecule has 0 aliphatic carbocycles. The third-order valence-corrected chi connectivity index (χ3v) is 3.14. The van der Waals surface area contributed by atoms with E-state index in [1.54, 1.807) is 6.20 Å². The van der Waals surface area contributed by atoms with Gasteiger partial charge in [-0.2, -0.15) is 0 Å². The van der Waals surface area contributed by atoms with E-state index in [1.807, 2.05) is 42.8 Å². The summed E-state index contributed by atoms with van der Waals surface area (Å²) in [5.74, 6) is 0.141. The van der Waals surface area contributed by atoms with Crippen molar-refractivity contribution in [3.63, 3.8) is 0 Å². The largest absolute Gasteiger partial charge is 0.342 e. The van der Waals surface area contributed by atoms with E-state index in [1.165, 1.54) is 0 Å². The van der Waals surface area contributed by atoms with E-state index in [0.717, 1.165) is 18.7 Å². The van der Waals surface area contributed by atoms with E-state index in [-0.39, 0.29) is 5.91 Å². The Labute approximate surface area is 114 Å². The van der Waals surface area contributed by atoms with E-state index in [9.17, 15) is 4.79 Å². The average molecular weight is 270 g/mol. The van der Waals surface area contributed by atoms with E-state index in [0.29, 0.717) is 18.2 Å². The number of amides is 1. The monoisotopic (exact) mass is 269 g/mol. The van der Waals surface area contributed by atoms with Crippen molar-refractivity contribution in [2.24, 2.45) is 0 Å². The van der Waals surface area contributed by atoms with Crippen LogP contribution in [-0.4, -0.2) is 47.4 Å². The molecule has 100 valence electrons. The fourth-order valence-electron chi connectivity index (χ4n) is 1.79. The molecule has 0 spiro atoms. The molecule has 0 fully saturated rings. The van der Waals surface area contributed by atoms with E-state index >= 15 is 0 Å². The van der Waals surface area contributed by atoms with Crippen LogP contribution in [0.1, 0.15) is 19.4 Å². The van der Waals surface area contributed by atoms with E-state index in [4.69, 9.17) is 11.6 Å². The van der Waals surface area contributed by atoms with Gasteiger partial charge >= 0.3 is 0 Å². The molecule has 0 unspecified atom stereocenters. The molecule has 0 N–H and O–H groups in total. The van der Waals surface area contributed by atoms with E-state index in [2.05, 4.69) is 4.98 Å². The highest BCUT2D eigenvalue weighted by Crippen LogP contribution is 2.13. The van der Waals surface area contributed by atoms with Gasteiger partial charge in [-0.3, -0.25) is 9.69 Å². The second-order valence-corrected chi connectivity index (χ2v) is 4.55. The second kappa shape index (κ2) is 7.34. The van der Waals surface area contributed by atoms with Crippen LogP contribution in [0.25, 0.3) is 0 Å². The number of carbonyl (C=O) groups is 1. The van der Waals surface area contributed by atoms with Gasteiger partial charge < -0.3 is 4.90 Å². The van der Waals surface area contributed by atoms with Gasteiger partial charge in [0, 0.05) is 31.4 Å². The highest BCUT2D eigenvalue weighted by molar-refractivity contribution is 6.30. The third kappa shape index (κ3) is 4.27. The van der Waals surface area contributed by atoms with Crippen LogP contribution >= 0.6 is 11.6 Å². The lowest BCUT2D eigenvalue weighted by atomic mass is 10.2. The summed E-state index contributed by atoms with van der Waals surface area (Å²) in [5.41, 5.74) is 0.939. The fourth-order valence-corrected chi connectivity index (χ4v) is 1.97. The summed E-state index contributed by atoms with van der Waals surface area (Å²) >= 11 is 5.99. The summed E-state index contributed by atoms with van der Waals surface area (Å²) in [6.07, 6.45) is 1.66. The number of carbonyl (C=O) groups excluding carboxylic acids is 1. The normalized spacial score (nSPS) is 10.7. The number of halogens is 1. The molecule has 0 saturated heterocycles. The summed E-state index contributed by atoms with van der Waals surface area (Å²) in [7, 11) is 1.91. The second-order valence-electron chi connectivity index (χ2n) is 4.19. The molecule has 5 heteroatoms. The van der Waals surface area contributed by atoms with Crippen LogP contribution in [-0.2, 0) is 11.3 Å². The molecule has 0 aliphatic heterocycles. The molecule has 1 amide bonds. The van der Waals surface area contributed by atoms with Crippen molar-refractivity contribution in [1.82, 2.24) is 14.8 Å². The van der Waals surface area contributed by atoms with Crippen molar-refractivity contribution < 1.29 is 4.79 Å². The number of likely N-dealkylation sites (N-methyl/N-ethyl adjacent to an activating group) is 2. The van der Waals surface area contributed by atoms with Gasteiger partial charge in [0.25, 0.3) is 0 Å². The molecule has 0 aliphatic rings. The first-order valence-corrected chi connectivity index (χ1v) is 6.52. The molecule has 0 radical (unpaired) electrons. The molecule has 1 rings (SSSR count). The lowest BCUT2D eigenvalue weighted by molar-refractivity contribution is -0.131. The number of nitrogens with zero attached hydrogens (tertiary/aromatic N) is 3. The van der Waals surface area contributed by atoms with Crippen molar-refractivity contribution in [2.45, 2.75) is 20.4 Å². The summed E-state index contributed by atoms with van der Waals surface area (Å²) < 4.78 is 0. The maximum atomic E-state index is 11.9. The van der Waals surface area contributed by atoms with Gasteiger partial charge in [0.15, 0.2) is 0 Å². The Hall–Kier alpha value is -1.13. The minimum absolute atomic E-state index is 0.141. The molecule has 0 aromatic carbocycles. The molecular formula is C13H20ClN3O. The first-order valence-electron chi connectivity index (χ1n) is 6.14. The molecule has 0 bridgehead atoms. The van der Waals surface area contributed by atoms with Gasteiger partial charge in [-0.1, -0.05) is 17.7 Å². The highest BCUT2D eigenvalue weighted by Gasteiger charge is 2.13. The zero-order valence-corrected chi connectivity index (χ0v) is 11.9. The molecular weight excluding hydrogens is 250 g/mol. The van der Waals surface area contributed by atoms with Crippen LogP contribution in [0.5, 0.6) is 0 Å². The highest BCUT2D eigenvalue weighted by atomic mass is 35.5. The van der Waals surface area contributed by atoms with Crippen molar-refractivity contribution in [1.29, 1.82) is 0 Å². The standard InChI is InChI=1S/C13H20ClN3O/c1-4-17(5-2)12(18)10-16(3)9-11-7-6-8-15-13(11)14/h6-8H,4-5,9-10H2,1-3H3. The smallest absolute Gasteiger partial charge is 0.236 e. The van der Waals surface area contributed by atoms with Gasteiger partial charge in [-0.25, -0.2) is 4.98 Å². The molecule has 0 atom stereocenters. The predicted octanol–water partition coefficient (Wildman–Crippen LogP) is 2.04. The van der Waals surface area contributed by atoms with Gasteiger partial charge in [-0.05, 0) is 27.0 Å². The van der Waals surface area contributed by atoms with Crippen LogP contribution in [0.15, 0.2) is 18.3 Å². The Balaban J connectivity index is 2.54. The SMILES string of the molecule is CCN(CC)C(=O)CN(C)Cc1cccnc1Cl. The summed E-state index contributed by atoms with van der Waals surface area (Å²) in [6, 6.07) is 3.77. The maximum Gasteiger partial charge on any atom is 0.236 e. The van der Waals surface area contributed by atoms with Crippen LogP contribution in [0, 0.1) is 0 Å². The van der Waals surface area contributed by atoms with Crippen LogP contribution in [0.4, 0.5) is 0 Å². The predicted molar refractivity (Wildman–Crippen MR) is 73.5 cm³/mol. The quantitative estimate of drug-likeness (QED) is 0.742. The molecule has 0 saturated carbocycles. The van der Waals surface area contributed by atoms with Crippen LogP contribution in [0.3, 0.4) is 0 Å². The van der Waals surface area contributed by atoms with Gasteiger partial charge in [-0.15, -0.1) is 0 Å². The zero-order chi connectivity index (χ0) is 13.5. The molecule has 1 heterocycles. The topological polar surface area (TPSA) is 36.4 Å². The first-order chi connectivity index (χ1) is 8.58. The summed E-state index contributed by atoms with van der Waals surface area (Å²) in [4.78, 5) is 19.7. The van der Waals surface area contributed by atoms with Crippen molar-refractivity contribution in [3.05, 3.63) is 29.0 Å². The minimum Gasteiger partial charge on any atom is -0.342 e. The fraction of sp³-hybridized carbons (Fsp3) is 0.538. The number of pyridine rings is 1.